The molecule has 1 saturated heterocycles. The minimum atomic E-state index is 0.0237. The molecular weight excluding hydrogens is 314 g/mol. The average molecular weight is 335 g/mol. The zero-order valence-electron chi connectivity index (χ0n) is 14.0. The largest absolute Gasteiger partial charge is 0.325 e. The maximum Gasteiger partial charge on any atom is 0.238 e. The molecule has 1 N–H and O–H groups in total. The molecule has 1 fully saturated rings. The Hall–Kier alpha value is -2.73. The Kier molecular flexibility index (Phi) is 4.43. The lowest BCUT2D eigenvalue weighted by Crippen LogP contribution is -2.39. The molecule has 0 unspecified atom stereocenters. The third kappa shape index (κ3) is 3.69. The van der Waals surface area contributed by atoms with Crippen molar-refractivity contribution in [1.82, 2.24) is 19.7 Å². The van der Waals surface area contributed by atoms with E-state index >= 15 is 0 Å². The van der Waals surface area contributed by atoms with Crippen molar-refractivity contribution in [2.75, 3.05) is 18.4 Å². The number of hydrogen-bond donors (Lipinski definition) is 1. The van der Waals surface area contributed by atoms with E-state index < -0.39 is 0 Å². The summed E-state index contributed by atoms with van der Waals surface area (Å²) in [7, 11) is 0. The van der Waals surface area contributed by atoms with Gasteiger partial charge in [0.15, 0.2) is 0 Å². The Morgan fingerprint density at radius 2 is 2.20 bits per heavy atom. The molecule has 4 rings (SSSR count). The van der Waals surface area contributed by atoms with Gasteiger partial charge in [-0.2, -0.15) is 5.10 Å². The fourth-order valence-electron chi connectivity index (χ4n) is 3.47. The third-order valence-corrected chi connectivity index (χ3v) is 4.69. The summed E-state index contributed by atoms with van der Waals surface area (Å²) < 4.78 is 1.94. The minimum absolute atomic E-state index is 0.0237. The van der Waals surface area contributed by atoms with Crippen LogP contribution in [0.1, 0.15) is 12.8 Å². The van der Waals surface area contributed by atoms with Gasteiger partial charge in [-0.25, -0.2) is 0 Å². The molecule has 0 saturated carbocycles. The van der Waals surface area contributed by atoms with E-state index in [1.807, 2.05) is 47.3 Å². The number of carbonyl (C=O) groups excluding carboxylic acids is 1. The second-order valence-electron chi connectivity index (χ2n) is 6.45. The van der Waals surface area contributed by atoms with Crippen LogP contribution in [-0.2, 0) is 11.3 Å². The Balaban J connectivity index is 1.38. The lowest BCUT2D eigenvalue weighted by Gasteiger charge is -2.23. The highest BCUT2D eigenvalue weighted by Crippen LogP contribution is 2.20. The number of aromatic nitrogens is 3. The van der Waals surface area contributed by atoms with E-state index in [1.165, 1.54) is 0 Å². The summed E-state index contributed by atoms with van der Waals surface area (Å²) in [4.78, 5) is 19.0. The minimum Gasteiger partial charge on any atom is -0.325 e. The van der Waals surface area contributed by atoms with Gasteiger partial charge < -0.3 is 5.32 Å². The van der Waals surface area contributed by atoms with Gasteiger partial charge in [0.25, 0.3) is 0 Å². The number of rotatable bonds is 5. The molecule has 0 radical (unpaired) electrons. The summed E-state index contributed by atoms with van der Waals surface area (Å²) in [5.41, 5.74) is 1.74. The van der Waals surface area contributed by atoms with E-state index in [-0.39, 0.29) is 5.91 Å². The summed E-state index contributed by atoms with van der Waals surface area (Å²) in [5.74, 6) is 0.0237. The molecule has 1 atom stereocenters. The Bertz CT molecular complexity index is 861. The molecule has 3 heterocycles. The van der Waals surface area contributed by atoms with Crippen LogP contribution < -0.4 is 5.32 Å². The van der Waals surface area contributed by atoms with Crippen molar-refractivity contribution in [2.24, 2.45) is 0 Å². The highest BCUT2D eigenvalue weighted by Gasteiger charge is 2.26. The number of amides is 1. The van der Waals surface area contributed by atoms with Crippen LogP contribution in [0.5, 0.6) is 0 Å². The average Bonchev–Trinajstić information content (AvgIpc) is 3.28. The Morgan fingerprint density at radius 3 is 3.08 bits per heavy atom. The zero-order chi connectivity index (χ0) is 17.1. The van der Waals surface area contributed by atoms with E-state index in [9.17, 15) is 4.79 Å². The number of fused-ring (bicyclic) bond motifs is 1. The monoisotopic (exact) mass is 335 g/mol. The Labute approximate surface area is 146 Å². The summed E-state index contributed by atoms with van der Waals surface area (Å²) in [6, 6.07) is 12.0. The van der Waals surface area contributed by atoms with Crippen LogP contribution in [0.25, 0.3) is 10.9 Å². The maximum absolute atomic E-state index is 12.5. The van der Waals surface area contributed by atoms with Crippen molar-refractivity contribution in [3.8, 4) is 0 Å². The standard InChI is InChI=1S/C19H21N5O/c25-19(22-16-6-7-18-15(12-16)4-1-8-20-18)14-23-10-2-5-17(23)13-24-11-3-9-21-24/h1,3-4,6-9,11-12,17H,2,5,10,13-14H2,(H,22,25)/t17-/m1/s1. The van der Waals surface area contributed by atoms with Crippen LogP contribution in [0, 0.1) is 0 Å². The van der Waals surface area contributed by atoms with Gasteiger partial charge in [-0.3, -0.25) is 19.4 Å². The van der Waals surface area contributed by atoms with Crippen molar-refractivity contribution < 1.29 is 4.79 Å². The number of hydrogen-bond acceptors (Lipinski definition) is 4. The smallest absolute Gasteiger partial charge is 0.238 e. The maximum atomic E-state index is 12.5. The van der Waals surface area contributed by atoms with Gasteiger partial charge >= 0.3 is 0 Å². The highest BCUT2D eigenvalue weighted by atomic mass is 16.2. The van der Waals surface area contributed by atoms with Crippen LogP contribution >= 0.6 is 0 Å². The molecule has 1 aliphatic rings. The number of anilines is 1. The van der Waals surface area contributed by atoms with Gasteiger partial charge in [-0.15, -0.1) is 0 Å². The third-order valence-electron chi connectivity index (χ3n) is 4.69. The second-order valence-corrected chi connectivity index (χ2v) is 6.45. The van der Waals surface area contributed by atoms with Crippen molar-refractivity contribution in [1.29, 1.82) is 0 Å². The molecular formula is C19H21N5O. The van der Waals surface area contributed by atoms with Crippen LogP contribution in [0.4, 0.5) is 5.69 Å². The molecule has 3 aromatic rings. The van der Waals surface area contributed by atoms with E-state index in [2.05, 4.69) is 20.3 Å². The van der Waals surface area contributed by atoms with Crippen molar-refractivity contribution in [2.45, 2.75) is 25.4 Å². The summed E-state index contributed by atoms with van der Waals surface area (Å²) in [5, 5.41) is 8.31. The van der Waals surface area contributed by atoms with Gasteiger partial charge in [0.1, 0.15) is 0 Å². The molecule has 2 aromatic heterocycles. The van der Waals surface area contributed by atoms with Crippen molar-refractivity contribution in [3.63, 3.8) is 0 Å². The molecule has 6 nitrogen and oxygen atoms in total. The molecule has 128 valence electrons. The van der Waals surface area contributed by atoms with Crippen LogP contribution in [0.3, 0.4) is 0 Å². The summed E-state index contributed by atoms with van der Waals surface area (Å²) >= 11 is 0. The van der Waals surface area contributed by atoms with Gasteiger partial charge in [-0.1, -0.05) is 6.07 Å². The van der Waals surface area contributed by atoms with E-state index in [0.29, 0.717) is 12.6 Å². The van der Waals surface area contributed by atoms with Gasteiger partial charge in [0.2, 0.25) is 5.91 Å². The number of nitrogens with zero attached hydrogens (tertiary/aromatic N) is 4. The molecule has 1 aliphatic heterocycles. The first-order valence-corrected chi connectivity index (χ1v) is 8.64. The SMILES string of the molecule is O=C(CN1CCC[C@@H]1Cn1cccn1)Nc1ccc2ncccc2c1. The number of nitrogens with one attached hydrogen (secondary N) is 1. The first kappa shape index (κ1) is 15.8. The number of likely N-dealkylation sites (tertiary alicyclic amines) is 1. The van der Waals surface area contributed by atoms with Crippen molar-refractivity contribution >= 4 is 22.5 Å². The quantitative estimate of drug-likeness (QED) is 0.778. The van der Waals surface area contributed by atoms with Gasteiger partial charge in [0.05, 0.1) is 18.6 Å². The molecule has 6 heteroatoms. The zero-order valence-corrected chi connectivity index (χ0v) is 14.0. The highest BCUT2D eigenvalue weighted by molar-refractivity contribution is 5.94. The van der Waals surface area contributed by atoms with E-state index in [0.717, 1.165) is 42.5 Å². The normalized spacial score (nSPS) is 17.8. The fourth-order valence-corrected chi connectivity index (χ4v) is 3.47. The first-order chi connectivity index (χ1) is 12.3. The molecule has 0 aliphatic carbocycles. The van der Waals surface area contributed by atoms with E-state index in [1.54, 1.807) is 12.4 Å². The topological polar surface area (TPSA) is 63.1 Å². The lowest BCUT2D eigenvalue weighted by atomic mass is 10.2. The number of pyridine rings is 1. The molecule has 0 bridgehead atoms. The lowest BCUT2D eigenvalue weighted by molar-refractivity contribution is -0.117. The molecule has 0 spiro atoms. The van der Waals surface area contributed by atoms with E-state index in [4.69, 9.17) is 0 Å². The van der Waals surface area contributed by atoms with Crippen LogP contribution in [-0.4, -0.2) is 44.7 Å². The number of benzene rings is 1. The van der Waals surface area contributed by atoms with Crippen LogP contribution in [0.2, 0.25) is 0 Å². The summed E-state index contributed by atoms with van der Waals surface area (Å²) in [6.45, 7) is 2.21. The first-order valence-electron chi connectivity index (χ1n) is 8.64. The predicted molar refractivity (Wildman–Crippen MR) is 97.2 cm³/mol. The predicted octanol–water partition coefficient (Wildman–Crippen LogP) is 2.53. The molecule has 1 aromatic carbocycles. The van der Waals surface area contributed by atoms with Crippen LogP contribution in [0.15, 0.2) is 55.0 Å². The van der Waals surface area contributed by atoms with Gasteiger partial charge in [0, 0.05) is 35.7 Å². The second kappa shape index (κ2) is 7.03. The molecule has 25 heavy (non-hydrogen) atoms. The Morgan fingerprint density at radius 1 is 1.24 bits per heavy atom. The van der Waals surface area contributed by atoms with Crippen molar-refractivity contribution in [3.05, 3.63) is 55.0 Å². The number of carbonyl (C=O) groups is 1. The summed E-state index contributed by atoms with van der Waals surface area (Å²) in [6.07, 6.45) is 7.77. The molecule has 1 amide bonds. The van der Waals surface area contributed by atoms with Gasteiger partial charge in [-0.05, 0) is 49.7 Å². The fraction of sp³-hybridized carbons (Fsp3) is 0.316.